The summed E-state index contributed by atoms with van der Waals surface area (Å²) in [6, 6.07) is 8.22. The summed E-state index contributed by atoms with van der Waals surface area (Å²) in [5.41, 5.74) is 6.62. The smallest absolute Gasteiger partial charge is 0.233 e. The molecule has 1 aromatic carbocycles. The highest BCUT2D eigenvalue weighted by Crippen LogP contribution is 2.43. The lowest BCUT2D eigenvalue weighted by atomic mass is 9.68. The van der Waals surface area contributed by atoms with E-state index in [0.29, 0.717) is 24.4 Å². The number of hydrogen-bond donors (Lipinski definition) is 1. The first-order chi connectivity index (χ1) is 11.1. The molecule has 1 saturated carbocycles. The SMILES string of the molecule is CC1CC(CN)CN1C(=O)C1(c2ccc(Cl)cc2)CCCCC1. The van der Waals surface area contributed by atoms with Crippen LogP contribution in [0.2, 0.25) is 5.02 Å². The number of nitrogens with two attached hydrogens (primary N) is 1. The van der Waals surface area contributed by atoms with Gasteiger partial charge in [0.05, 0.1) is 5.41 Å². The molecule has 2 fully saturated rings. The van der Waals surface area contributed by atoms with Gasteiger partial charge in [0.2, 0.25) is 5.91 Å². The van der Waals surface area contributed by atoms with Crippen molar-refractivity contribution >= 4 is 17.5 Å². The van der Waals surface area contributed by atoms with Crippen molar-refractivity contribution in [2.45, 2.75) is 56.9 Å². The Bertz CT molecular complexity index is 551. The van der Waals surface area contributed by atoms with Gasteiger partial charge in [-0.1, -0.05) is 43.0 Å². The molecule has 1 aliphatic heterocycles. The number of nitrogens with zero attached hydrogens (tertiary/aromatic N) is 1. The minimum atomic E-state index is -0.361. The average molecular weight is 335 g/mol. The second-order valence-corrected chi connectivity index (χ2v) is 7.73. The highest BCUT2D eigenvalue weighted by Gasteiger charge is 2.46. The third-order valence-electron chi connectivity index (χ3n) is 5.77. The van der Waals surface area contributed by atoms with E-state index in [2.05, 4.69) is 11.8 Å². The summed E-state index contributed by atoms with van der Waals surface area (Å²) in [4.78, 5) is 15.6. The first-order valence-corrected chi connectivity index (χ1v) is 9.22. The Morgan fingerprint density at radius 3 is 2.48 bits per heavy atom. The minimum Gasteiger partial charge on any atom is -0.339 e. The van der Waals surface area contributed by atoms with Gasteiger partial charge in [0.15, 0.2) is 0 Å². The van der Waals surface area contributed by atoms with Gasteiger partial charge in [-0.05, 0) is 56.3 Å². The Balaban J connectivity index is 1.92. The molecule has 3 rings (SSSR count). The Morgan fingerprint density at radius 1 is 1.26 bits per heavy atom. The van der Waals surface area contributed by atoms with E-state index in [1.807, 2.05) is 24.3 Å². The number of hydrogen-bond acceptors (Lipinski definition) is 2. The molecule has 3 nitrogen and oxygen atoms in total. The van der Waals surface area contributed by atoms with Crippen LogP contribution < -0.4 is 5.73 Å². The number of amides is 1. The largest absolute Gasteiger partial charge is 0.339 e. The lowest BCUT2D eigenvalue weighted by molar-refractivity contribution is -0.139. The minimum absolute atomic E-state index is 0.294. The summed E-state index contributed by atoms with van der Waals surface area (Å²) >= 11 is 6.05. The number of rotatable bonds is 3. The van der Waals surface area contributed by atoms with Gasteiger partial charge in [-0.3, -0.25) is 4.79 Å². The lowest BCUT2D eigenvalue weighted by Gasteiger charge is -2.40. The van der Waals surface area contributed by atoms with Gasteiger partial charge < -0.3 is 10.6 Å². The van der Waals surface area contributed by atoms with Crippen molar-refractivity contribution in [3.8, 4) is 0 Å². The van der Waals surface area contributed by atoms with E-state index < -0.39 is 0 Å². The van der Waals surface area contributed by atoms with E-state index >= 15 is 0 Å². The maximum Gasteiger partial charge on any atom is 0.233 e. The molecule has 4 heteroatoms. The second kappa shape index (κ2) is 6.82. The van der Waals surface area contributed by atoms with E-state index in [1.54, 1.807) is 0 Å². The predicted molar refractivity (Wildman–Crippen MR) is 94.6 cm³/mol. The van der Waals surface area contributed by atoms with Crippen LogP contribution in [0, 0.1) is 5.92 Å². The molecular weight excluding hydrogens is 308 g/mol. The van der Waals surface area contributed by atoms with Gasteiger partial charge in [0.25, 0.3) is 0 Å². The Kier molecular flexibility index (Phi) is 4.98. The van der Waals surface area contributed by atoms with E-state index in [-0.39, 0.29) is 5.41 Å². The number of carbonyl (C=O) groups is 1. The van der Waals surface area contributed by atoms with Crippen LogP contribution >= 0.6 is 11.6 Å². The van der Waals surface area contributed by atoms with Gasteiger partial charge in [0.1, 0.15) is 0 Å². The fraction of sp³-hybridized carbons (Fsp3) is 0.632. The molecule has 1 amide bonds. The van der Waals surface area contributed by atoms with Crippen LogP contribution in [0.1, 0.15) is 51.0 Å². The zero-order valence-corrected chi connectivity index (χ0v) is 14.7. The molecule has 0 radical (unpaired) electrons. The molecule has 0 bridgehead atoms. The van der Waals surface area contributed by atoms with Crippen molar-refractivity contribution in [1.82, 2.24) is 4.90 Å². The average Bonchev–Trinajstić information content (AvgIpc) is 2.96. The lowest BCUT2D eigenvalue weighted by Crippen LogP contribution is -2.49. The highest BCUT2D eigenvalue weighted by molar-refractivity contribution is 6.30. The molecule has 23 heavy (non-hydrogen) atoms. The number of halogens is 1. The van der Waals surface area contributed by atoms with E-state index in [4.69, 9.17) is 17.3 Å². The molecule has 2 aliphatic rings. The molecule has 2 atom stereocenters. The van der Waals surface area contributed by atoms with Gasteiger partial charge >= 0.3 is 0 Å². The predicted octanol–water partition coefficient (Wildman–Crippen LogP) is 3.74. The van der Waals surface area contributed by atoms with Crippen LogP contribution in [0.4, 0.5) is 0 Å². The van der Waals surface area contributed by atoms with Gasteiger partial charge in [-0.15, -0.1) is 0 Å². The Labute approximate surface area is 144 Å². The Morgan fingerprint density at radius 2 is 1.91 bits per heavy atom. The van der Waals surface area contributed by atoms with E-state index in [1.165, 1.54) is 6.42 Å². The summed E-state index contributed by atoms with van der Waals surface area (Å²) in [7, 11) is 0. The highest BCUT2D eigenvalue weighted by atomic mass is 35.5. The summed E-state index contributed by atoms with van der Waals surface area (Å²) in [5, 5.41) is 0.727. The van der Waals surface area contributed by atoms with Crippen molar-refractivity contribution in [2.24, 2.45) is 11.7 Å². The second-order valence-electron chi connectivity index (χ2n) is 7.29. The van der Waals surface area contributed by atoms with Crippen LogP contribution in [-0.2, 0) is 10.2 Å². The van der Waals surface area contributed by atoms with Crippen molar-refractivity contribution in [3.05, 3.63) is 34.9 Å². The maximum absolute atomic E-state index is 13.5. The first-order valence-electron chi connectivity index (χ1n) is 8.84. The summed E-state index contributed by atoms with van der Waals surface area (Å²) in [6.45, 7) is 3.64. The third kappa shape index (κ3) is 3.14. The standard InChI is InChI=1S/C19H27ClN2O/c1-14-11-15(12-21)13-22(14)18(23)19(9-3-2-4-10-19)16-5-7-17(20)8-6-16/h5-8,14-15H,2-4,9-13,21H2,1H3. The molecule has 0 aromatic heterocycles. The van der Waals surface area contributed by atoms with Gasteiger partial charge in [0, 0.05) is 17.6 Å². The summed E-state index contributed by atoms with van der Waals surface area (Å²) in [5.74, 6) is 0.753. The molecule has 2 unspecified atom stereocenters. The molecule has 1 heterocycles. The fourth-order valence-corrected chi connectivity index (χ4v) is 4.55. The van der Waals surface area contributed by atoms with Crippen molar-refractivity contribution in [2.75, 3.05) is 13.1 Å². The van der Waals surface area contributed by atoms with Crippen LogP contribution in [-0.4, -0.2) is 29.9 Å². The van der Waals surface area contributed by atoms with Crippen molar-refractivity contribution in [1.29, 1.82) is 0 Å². The topological polar surface area (TPSA) is 46.3 Å². The van der Waals surface area contributed by atoms with Gasteiger partial charge in [-0.25, -0.2) is 0 Å². The van der Waals surface area contributed by atoms with Crippen LogP contribution in [0.25, 0.3) is 0 Å². The van der Waals surface area contributed by atoms with Gasteiger partial charge in [-0.2, -0.15) is 0 Å². The normalized spacial score (nSPS) is 27.2. The zero-order valence-electron chi connectivity index (χ0n) is 13.9. The third-order valence-corrected chi connectivity index (χ3v) is 6.02. The van der Waals surface area contributed by atoms with Crippen LogP contribution in [0.15, 0.2) is 24.3 Å². The van der Waals surface area contributed by atoms with E-state index in [0.717, 1.165) is 49.2 Å². The van der Waals surface area contributed by atoms with Crippen LogP contribution in [0.3, 0.4) is 0 Å². The molecule has 2 N–H and O–H groups in total. The van der Waals surface area contributed by atoms with Crippen molar-refractivity contribution in [3.63, 3.8) is 0 Å². The number of likely N-dealkylation sites (tertiary alicyclic amines) is 1. The number of benzene rings is 1. The first kappa shape index (κ1) is 16.8. The quantitative estimate of drug-likeness (QED) is 0.915. The van der Waals surface area contributed by atoms with Crippen LogP contribution in [0.5, 0.6) is 0 Å². The summed E-state index contributed by atoms with van der Waals surface area (Å²) in [6.07, 6.45) is 6.39. The molecule has 1 saturated heterocycles. The molecule has 0 spiro atoms. The van der Waals surface area contributed by atoms with E-state index in [9.17, 15) is 4.79 Å². The molecule has 126 valence electrons. The molecule has 1 aromatic rings. The zero-order chi connectivity index (χ0) is 16.4. The summed E-state index contributed by atoms with van der Waals surface area (Å²) < 4.78 is 0. The van der Waals surface area contributed by atoms with Crippen molar-refractivity contribution < 1.29 is 4.79 Å². The number of carbonyl (C=O) groups excluding carboxylic acids is 1. The molecule has 1 aliphatic carbocycles. The Hall–Kier alpha value is -1.06. The monoisotopic (exact) mass is 334 g/mol. The maximum atomic E-state index is 13.5. The molecular formula is C19H27ClN2O. The fourth-order valence-electron chi connectivity index (χ4n) is 4.42.